The minimum atomic E-state index is 0. The minimum absolute atomic E-state index is 0. The number of hydrogen-bond donors (Lipinski definition) is 1. The molecule has 7 nitrogen and oxygen atoms in total. The first-order chi connectivity index (χ1) is 14.0. The van der Waals surface area contributed by atoms with E-state index in [1.165, 1.54) is 16.8 Å². The molecular formula is C22H35IN6O. The number of nitrogens with zero attached hydrogens (tertiary/aromatic N) is 5. The summed E-state index contributed by atoms with van der Waals surface area (Å²) in [6, 6.07) is 8.59. The average molecular weight is 526 g/mol. The van der Waals surface area contributed by atoms with Gasteiger partial charge in [0.1, 0.15) is 5.76 Å². The van der Waals surface area contributed by atoms with Crippen LogP contribution in [-0.4, -0.2) is 67.7 Å². The van der Waals surface area contributed by atoms with E-state index in [9.17, 15) is 0 Å². The van der Waals surface area contributed by atoms with Crippen molar-refractivity contribution in [1.29, 1.82) is 0 Å². The molecule has 1 aliphatic heterocycles. The summed E-state index contributed by atoms with van der Waals surface area (Å²) in [5.41, 5.74) is 4.78. The molecule has 1 saturated heterocycles. The number of aliphatic imine (C=N–C) groups is 1. The maximum absolute atomic E-state index is 5.18. The Bertz CT molecular complexity index is 827. The molecule has 1 aromatic carbocycles. The number of hydrogen-bond acceptors (Lipinski definition) is 5. The van der Waals surface area contributed by atoms with Crippen LogP contribution >= 0.6 is 24.0 Å². The van der Waals surface area contributed by atoms with E-state index < -0.39 is 0 Å². The van der Waals surface area contributed by atoms with E-state index in [0.29, 0.717) is 6.54 Å². The summed E-state index contributed by atoms with van der Waals surface area (Å²) in [5, 5.41) is 7.57. The Kier molecular flexibility index (Phi) is 9.41. The molecule has 2 heterocycles. The Morgan fingerprint density at radius 3 is 2.47 bits per heavy atom. The number of aryl methyl sites for hydroxylation is 2. The van der Waals surface area contributed by atoms with Crippen molar-refractivity contribution in [3.05, 3.63) is 46.8 Å². The zero-order valence-electron chi connectivity index (χ0n) is 18.8. The van der Waals surface area contributed by atoms with Crippen molar-refractivity contribution in [1.82, 2.24) is 20.3 Å². The molecule has 0 spiro atoms. The van der Waals surface area contributed by atoms with Crippen LogP contribution in [0.15, 0.2) is 33.8 Å². The molecule has 0 unspecified atom stereocenters. The van der Waals surface area contributed by atoms with Crippen molar-refractivity contribution in [3.8, 4) is 0 Å². The molecule has 1 fully saturated rings. The number of anilines is 1. The molecule has 8 heteroatoms. The van der Waals surface area contributed by atoms with Crippen LogP contribution in [0.2, 0.25) is 0 Å². The molecule has 0 radical (unpaired) electrons. The molecule has 2 aromatic rings. The molecule has 0 aliphatic carbocycles. The van der Waals surface area contributed by atoms with Gasteiger partial charge in [0.25, 0.3) is 0 Å². The fraction of sp³-hybridized carbons (Fsp3) is 0.545. The molecule has 0 bridgehead atoms. The fourth-order valence-electron chi connectivity index (χ4n) is 3.56. The molecule has 0 saturated carbocycles. The van der Waals surface area contributed by atoms with E-state index >= 15 is 0 Å². The van der Waals surface area contributed by atoms with Crippen molar-refractivity contribution in [2.24, 2.45) is 4.99 Å². The van der Waals surface area contributed by atoms with Crippen LogP contribution in [-0.2, 0) is 13.1 Å². The van der Waals surface area contributed by atoms with E-state index in [0.717, 1.165) is 56.7 Å². The third-order valence-electron chi connectivity index (χ3n) is 5.31. The van der Waals surface area contributed by atoms with Gasteiger partial charge in [-0.15, -0.1) is 24.0 Å². The first-order valence-electron chi connectivity index (χ1n) is 10.4. The smallest absolute Gasteiger partial charge is 0.194 e. The number of piperazine rings is 1. The predicted molar refractivity (Wildman–Crippen MR) is 134 cm³/mol. The average Bonchev–Trinajstić information content (AvgIpc) is 3.11. The zero-order valence-corrected chi connectivity index (χ0v) is 21.1. The molecule has 0 atom stereocenters. The van der Waals surface area contributed by atoms with Crippen molar-refractivity contribution < 1.29 is 4.52 Å². The van der Waals surface area contributed by atoms with E-state index in [4.69, 9.17) is 9.52 Å². The lowest BCUT2D eigenvalue weighted by atomic mass is 10.1. The summed E-state index contributed by atoms with van der Waals surface area (Å²) in [4.78, 5) is 11.8. The van der Waals surface area contributed by atoms with Crippen molar-refractivity contribution in [2.75, 3.05) is 51.7 Å². The highest BCUT2D eigenvalue weighted by Crippen LogP contribution is 2.18. The molecule has 30 heavy (non-hydrogen) atoms. The monoisotopic (exact) mass is 526 g/mol. The molecule has 1 aliphatic rings. The fourth-order valence-corrected chi connectivity index (χ4v) is 3.56. The maximum Gasteiger partial charge on any atom is 0.194 e. The molecule has 3 rings (SSSR count). The number of rotatable bonds is 6. The number of halogens is 1. The summed E-state index contributed by atoms with van der Waals surface area (Å²) < 4.78 is 5.18. The van der Waals surface area contributed by atoms with E-state index in [1.54, 1.807) is 0 Å². The van der Waals surface area contributed by atoms with Gasteiger partial charge in [-0.3, -0.25) is 4.90 Å². The third-order valence-corrected chi connectivity index (χ3v) is 5.31. The minimum Gasteiger partial charge on any atom is -0.378 e. The van der Waals surface area contributed by atoms with Crippen LogP contribution in [0.4, 0.5) is 5.69 Å². The highest BCUT2D eigenvalue weighted by Gasteiger charge is 2.20. The summed E-state index contributed by atoms with van der Waals surface area (Å²) in [7, 11) is 4.14. The van der Waals surface area contributed by atoms with Crippen molar-refractivity contribution >= 4 is 35.6 Å². The Hall–Kier alpha value is -1.81. The molecule has 0 amide bonds. The summed E-state index contributed by atoms with van der Waals surface area (Å²) >= 11 is 0. The van der Waals surface area contributed by atoms with Gasteiger partial charge in [0.2, 0.25) is 0 Å². The van der Waals surface area contributed by atoms with Crippen LogP contribution in [0, 0.1) is 13.8 Å². The topological polar surface area (TPSA) is 60.1 Å². The Labute approximate surface area is 197 Å². The standard InChI is InChI=1S/C22H34N6O.HI/c1-6-23-22(24-15-19-7-8-21(26(4)5)13-17(19)2)28-11-9-27(10-12-28)16-20-14-18(3)29-25-20;/h7-8,13-14H,6,9-12,15-16H2,1-5H3,(H,23,24);1H. The second-order valence-corrected chi connectivity index (χ2v) is 7.87. The number of nitrogens with one attached hydrogen (secondary N) is 1. The normalized spacial score (nSPS) is 15.1. The lowest BCUT2D eigenvalue weighted by molar-refractivity contribution is 0.169. The Balaban J connectivity index is 0.00000320. The first kappa shape index (κ1) is 24.5. The number of aromatic nitrogens is 1. The maximum atomic E-state index is 5.18. The van der Waals surface area contributed by atoms with E-state index in [-0.39, 0.29) is 24.0 Å². The van der Waals surface area contributed by atoms with Gasteiger partial charge >= 0.3 is 0 Å². The van der Waals surface area contributed by atoms with E-state index in [2.05, 4.69) is 71.3 Å². The summed E-state index contributed by atoms with van der Waals surface area (Å²) in [6.07, 6.45) is 0. The van der Waals surface area contributed by atoms with Crippen molar-refractivity contribution in [2.45, 2.75) is 33.9 Å². The second kappa shape index (κ2) is 11.5. The van der Waals surface area contributed by atoms with Crippen LogP contribution in [0.3, 0.4) is 0 Å². The molecule has 1 aromatic heterocycles. The van der Waals surface area contributed by atoms with E-state index in [1.807, 2.05) is 13.0 Å². The summed E-state index contributed by atoms with van der Waals surface area (Å²) in [6.45, 7) is 12.5. The van der Waals surface area contributed by atoms with Crippen LogP contribution < -0.4 is 10.2 Å². The predicted octanol–water partition coefficient (Wildman–Crippen LogP) is 3.26. The van der Waals surface area contributed by atoms with Crippen LogP contribution in [0.5, 0.6) is 0 Å². The van der Waals surface area contributed by atoms with Gasteiger partial charge in [0.05, 0.1) is 12.2 Å². The molecule has 166 valence electrons. The van der Waals surface area contributed by atoms with Gasteiger partial charge in [0, 0.05) is 65.1 Å². The van der Waals surface area contributed by atoms with Gasteiger partial charge < -0.3 is 19.6 Å². The highest BCUT2D eigenvalue weighted by atomic mass is 127. The second-order valence-electron chi connectivity index (χ2n) is 7.87. The first-order valence-corrected chi connectivity index (χ1v) is 10.4. The van der Waals surface area contributed by atoms with Crippen molar-refractivity contribution in [3.63, 3.8) is 0 Å². The largest absolute Gasteiger partial charge is 0.378 e. The van der Waals surface area contributed by atoms with Crippen LogP contribution in [0.1, 0.15) is 29.5 Å². The van der Waals surface area contributed by atoms with Gasteiger partial charge in [-0.1, -0.05) is 11.2 Å². The summed E-state index contributed by atoms with van der Waals surface area (Å²) in [5.74, 6) is 1.87. The number of benzene rings is 1. The van der Waals surface area contributed by atoms with Gasteiger partial charge in [0.15, 0.2) is 5.96 Å². The zero-order chi connectivity index (χ0) is 20.8. The molecular weight excluding hydrogens is 491 g/mol. The van der Waals surface area contributed by atoms with Crippen LogP contribution in [0.25, 0.3) is 0 Å². The number of guanidine groups is 1. The highest BCUT2D eigenvalue weighted by molar-refractivity contribution is 14.0. The van der Waals surface area contributed by atoms with Gasteiger partial charge in [-0.25, -0.2) is 4.99 Å². The van der Waals surface area contributed by atoms with Gasteiger partial charge in [-0.2, -0.15) is 0 Å². The third kappa shape index (κ3) is 6.60. The lowest BCUT2D eigenvalue weighted by Gasteiger charge is -2.36. The van der Waals surface area contributed by atoms with Gasteiger partial charge in [-0.05, 0) is 44.0 Å². The Morgan fingerprint density at radius 2 is 1.90 bits per heavy atom. The lowest BCUT2D eigenvalue weighted by Crippen LogP contribution is -2.52. The Morgan fingerprint density at radius 1 is 1.17 bits per heavy atom. The quantitative estimate of drug-likeness (QED) is 0.355. The SMILES string of the molecule is CCNC(=NCc1ccc(N(C)C)cc1C)N1CCN(Cc2cc(C)on2)CC1.I. The molecule has 1 N–H and O–H groups in total.